The molecule has 21 heavy (non-hydrogen) atoms. The molecule has 0 aliphatic heterocycles. The second-order valence-corrected chi connectivity index (χ2v) is 4.99. The smallest absolute Gasteiger partial charge is 0.239 e. The molecule has 2 aromatic rings. The summed E-state index contributed by atoms with van der Waals surface area (Å²) in [6.45, 7) is 1.37. The van der Waals surface area contributed by atoms with Gasteiger partial charge in [-0.1, -0.05) is 42.5 Å². The average Bonchev–Trinajstić information content (AvgIpc) is 2.54. The van der Waals surface area contributed by atoms with Crippen LogP contribution < -0.4 is 16.0 Å². The summed E-state index contributed by atoms with van der Waals surface area (Å²) >= 11 is 0. The van der Waals surface area contributed by atoms with Gasteiger partial charge in [0.15, 0.2) is 0 Å². The number of anilines is 1. The van der Waals surface area contributed by atoms with E-state index in [1.165, 1.54) is 0 Å². The molecule has 0 unspecified atom stereocenters. The van der Waals surface area contributed by atoms with E-state index in [1.807, 2.05) is 66.5 Å². The van der Waals surface area contributed by atoms with E-state index >= 15 is 0 Å². The lowest BCUT2D eigenvalue weighted by molar-refractivity contribution is -0.119. The van der Waals surface area contributed by atoms with E-state index in [2.05, 4.69) is 5.32 Å². The Balaban J connectivity index is 1.87. The molecule has 0 bridgehead atoms. The maximum absolute atomic E-state index is 12.0. The van der Waals surface area contributed by atoms with Gasteiger partial charge in [-0.05, 0) is 23.3 Å². The van der Waals surface area contributed by atoms with Crippen molar-refractivity contribution < 1.29 is 4.79 Å². The molecule has 0 heterocycles. The summed E-state index contributed by atoms with van der Waals surface area (Å²) in [5.74, 6) is -0.000459. The van der Waals surface area contributed by atoms with Crippen LogP contribution in [0.3, 0.4) is 0 Å². The molecule has 0 radical (unpaired) electrons. The zero-order valence-electron chi connectivity index (χ0n) is 12.3. The van der Waals surface area contributed by atoms with E-state index in [4.69, 9.17) is 5.73 Å². The number of carbonyl (C=O) groups is 1. The molecule has 4 heteroatoms. The van der Waals surface area contributed by atoms with Crippen molar-refractivity contribution in [2.45, 2.75) is 13.1 Å². The Hall–Kier alpha value is -2.33. The van der Waals surface area contributed by atoms with Crippen LogP contribution in [0.2, 0.25) is 0 Å². The normalized spacial score (nSPS) is 10.2. The zero-order chi connectivity index (χ0) is 15.1. The predicted molar refractivity (Wildman–Crippen MR) is 85.9 cm³/mol. The monoisotopic (exact) mass is 283 g/mol. The van der Waals surface area contributed by atoms with Gasteiger partial charge in [-0.15, -0.1) is 0 Å². The van der Waals surface area contributed by atoms with Crippen molar-refractivity contribution in [2.75, 3.05) is 18.5 Å². The number of nitrogens with one attached hydrogen (secondary N) is 1. The first-order valence-corrected chi connectivity index (χ1v) is 7.00. The highest BCUT2D eigenvalue weighted by atomic mass is 16.2. The summed E-state index contributed by atoms with van der Waals surface area (Å²) in [5, 5.41) is 2.92. The van der Waals surface area contributed by atoms with Crippen molar-refractivity contribution in [2.24, 2.45) is 5.73 Å². The molecule has 0 saturated heterocycles. The molecule has 0 saturated carbocycles. The van der Waals surface area contributed by atoms with Crippen molar-refractivity contribution in [3.05, 3.63) is 65.7 Å². The summed E-state index contributed by atoms with van der Waals surface area (Å²) in [6.07, 6.45) is 0. The molecule has 2 aromatic carbocycles. The number of hydrogen-bond acceptors (Lipinski definition) is 3. The number of likely N-dealkylation sites (N-methyl/N-ethyl adjacent to an activating group) is 1. The van der Waals surface area contributed by atoms with Gasteiger partial charge in [0.2, 0.25) is 5.91 Å². The Bertz CT molecular complexity index is 584. The van der Waals surface area contributed by atoms with E-state index in [0.717, 1.165) is 16.8 Å². The lowest BCUT2D eigenvalue weighted by atomic mass is 10.2. The van der Waals surface area contributed by atoms with Crippen LogP contribution >= 0.6 is 0 Å². The van der Waals surface area contributed by atoms with Crippen LogP contribution in [0, 0.1) is 0 Å². The number of benzene rings is 2. The standard InChI is InChI=1S/C17H21N3O/c1-20(16-9-5-8-15(10-16)11-18)13-17(21)19-12-14-6-3-2-4-7-14/h2-10H,11-13,18H2,1H3,(H,19,21). The van der Waals surface area contributed by atoms with Crippen LogP contribution in [0.5, 0.6) is 0 Å². The number of carbonyl (C=O) groups excluding carboxylic acids is 1. The third-order valence-electron chi connectivity index (χ3n) is 3.30. The largest absolute Gasteiger partial charge is 0.365 e. The fourth-order valence-electron chi connectivity index (χ4n) is 2.08. The minimum absolute atomic E-state index is 0.000459. The van der Waals surface area contributed by atoms with Crippen molar-refractivity contribution in [3.8, 4) is 0 Å². The Morgan fingerprint density at radius 1 is 1.10 bits per heavy atom. The van der Waals surface area contributed by atoms with E-state index in [-0.39, 0.29) is 5.91 Å². The Labute approximate surface area is 125 Å². The van der Waals surface area contributed by atoms with Gasteiger partial charge in [0.05, 0.1) is 6.54 Å². The molecule has 0 spiro atoms. The highest BCUT2D eigenvalue weighted by Crippen LogP contribution is 2.14. The fraction of sp³-hybridized carbons (Fsp3) is 0.235. The quantitative estimate of drug-likeness (QED) is 0.851. The summed E-state index contributed by atoms with van der Waals surface area (Å²) < 4.78 is 0. The van der Waals surface area contributed by atoms with Gasteiger partial charge in [-0.25, -0.2) is 0 Å². The first kappa shape index (κ1) is 15.1. The van der Waals surface area contributed by atoms with E-state index in [9.17, 15) is 4.79 Å². The van der Waals surface area contributed by atoms with Crippen LogP contribution in [0.4, 0.5) is 5.69 Å². The van der Waals surface area contributed by atoms with Crippen molar-refractivity contribution in [1.82, 2.24) is 5.32 Å². The number of hydrogen-bond donors (Lipinski definition) is 2. The SMILES string of the molecule is CN(CC(=O)NCc1ccccc1)c1cccc(CN)c1. The second-order valence-electron chi connectivity index (χ2n) is 4.99. The first-order valence-electron chi connectivity index (χ1n) is 7.00. The summed E-state index contributed by atoms with van der Waals surface area (Å²) in [7, 11) is 1.90. The molecule has 3 N–H and O–H groups in total. The van der Waals surface area contributed by atoms with Crippen LogP contribution in [-0.2, 0) is 17.9 Å². The van der Waals surface area contributed by atoms with Crippen LogP contribution in [0.25, 0.3) is 0 Å². The molecule has 2 rings (SSSR count). The maximum Gasteiger partial charge on any atom is 0.239 e. The van der Waals surface area contributed by atoms with Gasteiger partial charge < -0.3 is 16.0 Å². The fourth-order valence-corrected chi connectivity index (χ4v) is 2.08. The van der Waals surface area contributed by atoms with Crippen LogP contribution in [0.15, 0.2) is 54.6 Å². The Morgan fingerprint density at radius 2 is 1.81 bits per heavy atom. The van der Waals surface area contributed by atoms with E-state index in [0.29, 0.717) is 19.6 Å². The van der Waals surface area contributed by atoms with Crippen molar-refractivity contribution in [1.29, 1.82) is 0 Å². The van der Waals surface area contributed by atoms with Crippen LogP contribution in [0.1, 0.15) is 11.1 Å². The molecule has 0 aromatic heterocycles. The van der Waals surface area contributed by atoms with Crippen molar-refractivity contribution in [3.63, 3.8) is 0 Å². The minimum Gasteiger partial charge on any atom is -0.365 e. The first-order chi connectivity index (χ1) is 10.2. The predicted octanol–water partition coefficient (Wildman–Crippen LogP) is 1.90. The number of nitrogens with two attached hydrogens (primary N) is 1. The van der Waals surface area contributed by atoms with Crippen molar-refractivity contribution >= 4 is 11.6 Å². The molecular weight excluding hydrogens is 262 g/mol. The Kier molecular flexibility index (Phi) is 5.35. The third kappa shape index (κ3) is 4.61. The second kappa shape index (κ2) is 7.45. The molecule has 1 amide bonds. The van der Waals surface area contributed by atoms with Gasteiger partial charge in [0.25, 0.3) is 0 Å². The molecule has 110 valence electrons. The van der Waals surface area contributed by atoms with Gasteiger partial charge >= 0.3 is 0 Å². The minimum atomic E-state index is -0.000459. The maximum atomic E-state index is 12.0. The van der Waals surface area contributed by atoms with Crippen LogP contribution in [-0.4, -0.2) is 19.5 Å². The highest BCUT2D eigenvalue weighted by Gasteiger charge is 2.07. The topological polar surface area (TPSA) is 58.4 Å². The molecule has 0 atom stereocenters. The average molecular weight is 283 g/mol. The zero-order valence-corrected chi connectivity index (χ0v) is 12.3. The third-order valence-corrected chi connectivity index (χ3v) is 3.30. The lowest BCUT2D eigenvalue weighted by Crippen LogP contribution is -2.34. The van der Waals surface area contributed by atoms with Gasteiger partial charge in [-0.2, -0.15) is 0 Å². The summed E-state index contributed by atoms with van der Waals surface area (Å²) in [4.78, 5) is 13.9. The van der Waals surface area contributed by atoms with E-state index in [1.54, 1.807) is 0 Å². The number of amides is 1. The molecule has 4 nitrogen and oxygen atoms in total. The summed E-state index contributed by atoms with van der Waals surface area (Å²) in [5.41, 5.74) is 8.78. The lowest BCUT2D eigenvalue weighted by Gasteiger charge is -2.19. The molecule has 0 aliphatic carbocycles. The molecular formula is C17H21N3O. The van der Waals surface area contributed by atoms with Gasteiger partial charge in [0.1, 0.15) is 0 Å². The molecule has 0 fully saturated rings. The van der Waals surface area contributed by atoms with Gasteiger partial charge in [0, 0.05) is 25.8 Å². The number of nitrogens with zero attached hydrogens (tertiary/aromatic N) is 1. The Morgan fingerprint density at radius 3 is 2.52 bits per heavy atom. The van der Waals surface area contributed by atoms with Gasteiger partial charge in [-0.3, -0.25) is 4.79 Å². The van der Waals surface area contributed by atoms with E-state index < -0.39 is 0 Å². The highest BCUT2D eigenvalue weighted by molar-refractivity contribution is 5.81. The number of rotatable bonds is 6. The summed E-state index contributed by atoms with van der Waals surface area (Å²) in [6, 6.07) is 17.8. The molecule has 0 aliphatic rings.